The summed E-state index contributed by atoms with van der Waals surface area (Å²) in [4.78, 5) is 25.3. The molecule has 1 saturated carbocycles. The van der Waals surface area contributed by atoms with Gasteiger partial charge in [0.2, 0.25) is 5.92 Å². The maximum atomic E-state index is 13.3. The first-order chi connectivity index (χ1) is 12.1. The zero-order chi connectivity index (χ0) is 19.1. The summed E-state index contributed by atoms with van der Waals surface area (Å²) in [6, 6.07) is -0.657. The van der Waals surface area contributed by atoms with Gasteiger partial charge >= 0.3 is 11.7 Å². The summed E-state index contributed by atoms with van der Waals surface area (Å²) in [6.07, 6.45) is 2.43. The van der Waals surface area contributed by atoms with Crippen LogP contribution in [0.4, 0.5) is 8.78 Å². The number of carbonyl (C=O) groups is 1. The van der Waals surface area contributed by atoms with Gasteiger partial charge in [0.05, 0.1) is 0 Å². The first-order valence-electron chi connectivity index (χ1n) is 9.35. The molecular weight excluding hydrogens is 344 g/mol. The molecule has 8 heteroatoms. The first-order valence-corrected chi connectivity index (χ1v) is 9.35. The van der Waals surface area contributed by atoms with E-state index in [0.29, 0.717) is 38.1 Å². The molecule has 0 bridgehead atoms. The quantitative estimate of drug-likeness (QED) is 0.766. The van der Waals surface area contributed by atoms with Crippen molar-refractivity contribution in [3.8, 4) is 0 Å². The molecule has 0 spiro atoms. The van der Waals surface area contributed by atoms with E-state index in [1.807, 2.05) is 0 Å². The summed E-state index contributed by atoms with van der Waals surface area (Å²) >= 11 is 0. The van der Waals surface area contributed by atoms with Crippen molar-refractivity contribution in [1.29, 1.82) is 0 Å². The van der Waals surface area contributed by atoms with Crippen molar-refractivity contribution in [3.05, 3.63) is 16.3 Å². The number of alkyl halides is 2. The van der Waals surface area contributed by atoms with E-state index in [0.717, 1.165) is 6.42 Å². The fourth-order valence-corrected chi connectivity index (χ4v) is 3.77. The third-order valence-corrected chi connectivity index (χ3v) is 5.08. The van der Waals surface area contributed by atoms with Crippen LogP contribution in [-0.2, 0) is 22.5 Å². The highest BCUT2D eigenvalue weighted by molar-refractivity contribution is 5.74. The molecule has 0 N–H and O–H groups in total. The molecular formula is C18H27F2N3O3. The zero-order valence-corrected chi connectivity index (χ0v) is 15.6. The van der Waals surface area contributed by atoms with Crippen LogP contribution >= 0.6 is 0 Å². The summed E-state index contributed by atoms with van der Waals surface area (Å²) in [5, 5.41) is 4.38. The van der Waals surface area contributed by atoms with Crippen LogP contribution in [0.3, 0.4) is 0 Å². The Morgan fingerprint density at radius 2 is 1.92 bits per heavy atom. The number of carbonyl (C=O) groups excluding carboxylic acids is 1. The molecule has 1 atom stereocenters. The topological polar surface area (TPSA) is 66.1 Å². The van der Waals surface area contributed by atoms with E-state index in [4.69, 9.17) is 4.74 Å². The fourth-order valence-electron chi connectivity index (χ4n) is 3.77. The van der Waals surface area contributed by atoms with Gasteiger partial charge in [0, 0.05) is 25.8 Å². The number of esters is 1. The SMILES string of the molecule is CC(C)(C)OC(=O)[C@@H]1CCCc2nn(CC3CCC(F)(F)CC3)c(=O)n21. The van der Waals surface area contributed by atoms with Crippen molar-refractivity contribution < 1.29 is 18.3 Å². The summed E-state index contributed by atoms with van der Waals surface area (Å²) in [5.41, 5.74) is -0.963. The number of aryl methyl sites for hydroxylation is 1. The van der Waals surface area contributed by atoms with Crippen LogP contribution in [0.15, 0.2) is 4.79 Å². The van der Waals surface area contributed by atoms with Crippen LogP contribution in [0.25, 0.3) is 0 Å². The molecule has 2 heterocycles. The lowest BCUT2D eigenvalue weighted by Crippen LogP contribution is -2.38. The van der Waals surface area contributed by atoms with Crippen molar-refractivity contribution in [3.63, 3.8) is 0 Å². The van der Waals surface area contributed by atoms with Crippen molar-refractivity contribution in [2.75, 3.05) is 0 Å². The molecule has 1 aromatic rings. The molecule has 0 unspecified atom stereocenters. The second-order valence-corrected chi connectivity index (χ2v) is 8.49. The third-order valence-electron chi connectivity index (χ3n) is 5.08. The number of hydrogen-bond acceptors (Lipinski definition) is 4. The minimum Gasteiger partial charge on any atom is -0.458 e. The molecule has 1 aliphatic heterocycles. The van der Waals surface area contributed by atoms with Gasteiger partial charge in [-0.3, -0.25) is 4.57 Å². The van der Waals surface area contributed by atoms with Crippen LogP contribution in [0, 0.1) is 5.92 Å². The van der Waals surface area contributed by atoms with Gasteiger partial charge < -0.3 is 4.74 Å². The molecule has 146 valence electrons. The number of fused-ring (bicyclic) bond motifs is 1. The minimum absolute atomic E-state index is 0.0178. The molecule has 0 radical (unpaired) electrons. The summed E-state index contributed by atoms with van der Waals surface area (Å²) in [6.45, 7) is 5.70. The van der Waals surface area contributed by atoms with E-state index in [-0.39, 0.29) is 24.4 Å². The van der Waals surface area contributed by atoms with E-state index in [1.54, 1.807) is 20.8 Å². The molecule has 6 nitrogen and oxygen atoms in total. The van der Waals surface area contributed by atoms with Crippen LogP contribution in [0.1, 0.15) is 71.2 Å². The second-order valence-electron chi connectivity index (χ2n) is 8.49. The van der Waals surface area contributed by atoms with Gasteiger partial charge in [-0.05, 0) is 52.4 Å². The Kier molecular flexibility index (Phi) is 4.96. The van der Waals surface area contributed by atoms with Crippen molar-refractivity contribution >= 4 is 5.97 Å². The molecule has 2 aliphatic rings. The van der Waals surface area contributed by atoms with Crippen LogP contribution < -0.4 is 5.69 Å². The molecule has 1 fully saturated rings. The number of aromatic nitrogens is 3. The van der Waals surface area contributed by atoms with E-state index in [2.05, 4.69) is 5.10 Å². The lowest BCUT2D eigenvalue weighted by molar-refractivity contribution is -0.159. The highest BCUT2D eigenvalue weighted by Crippen LogP contribution is 2.36. The van der Waals surface area contributed by atoms with Gasteiger partial charge in [0.25, 0.3) is 0 Å². The van der Waals surface area contributed by atoms with Gasteiger partial charge in [-0.25, -0.2) is 23.1 Å². The summed E-state index contributed by atoms with van der Waals surface area (Å²) in [7, 11) is 0. The molecule has 0 saturated heterocycles. The van der Waals surface area contributed by atoms with Gasteiger partial charge in [0.1, 0.15) is 17.5 Å². The standard InChI is InChI=1S/C18H27F2N3O3/c1-17(2,3)26-15(24)13-5-4-6-14-21-22(16(25)23(13)14)11-12-7-9-18(19,20)10-8-12/h12-13H,4-11H2,1-3H3/t13-/m0/s1. The maximum Gasteiger partial charge on any atom is 0.346 e. The first kappa shape index (κ1) is 19.0. The average molecular weight is 371 g/mol. The Balaban J connectivity index is 1.78. The Bertz CT molecular complexity index is 723. The predicted molar refractivity (Wildman–Crippen MR) is 91.2 cm³/mol. The fraction of sp³-hybridized carbons (Fsp3) is 0.833. The smallest absolute Gasteiger partial charge is 0.346 e. The Labute approximate surface area is 151 Å². The average Bonchev–Trinajstić information content (AvgIpc) is 2.84. The van der Waals surface area contributed by atoms with Gasteiger partial charge in [-0.15, -0.1) is 0 Å². The number of ether oxygens (including phenoxy) is 1. The highest BCUT2D eigenvalue weighted by atomic mass is 19.3. The number of halogens is 2. The van der Waals surface area contributed by atoms with Crippen molar-refractivity contribution in [2.24, 2.45) is 5.92 Å². The monoisotopic (exact) mass is 371 g/mol. The second kappa shape index (κ2) is 6.78. The summed E-state index contributed by atoms with van der Waals surface area (Å²) in [5.74, 6) is -2.41. The van der Waals surface area contributed by atoms with E-state index in [1.165, 1.54) is 9.25 Å². The van der Waals surface area contributed by atoms with Crippen LogP contribution in [-0.4, -0.2) is 31.8 Å². The number of nitrogens with zero attached hydrogens (tertiary/aromatic N) is 3. The van der Waals surface area contributed by atoms with E-state index in [9.17, 15) is 18.4 Å². The van der Waals surface area contributed by atoms with Gasteiger partial charge in [-0.1, -0.05) is 0 Å². The van der Waals surface area contributed by atoms with Gasteiger partial charge in [0.15, 0.2) is 0 Å². The molecule has 3 rings (SSSR count). The Morgan fingerprint density at radius 1 is 1.27 bits per heavy atom. The van der Waals surface area contributed by atoms with Crippen molar-refractivity contribution in [2.45, 2.75) is 89.8 Å². The third kappa shape index (κ3) is 4.15. The molecule has 1 aliphatic carbocycles. The summed E-state index contributed by atoms with van der Waals surface area (Å²) < 4.78 is 34.9. The highest BCUT2D eigenvalue weighted by Gasteiger charge is 2.37. The molecule has 26 heavy (non-hydrogen) atoms. The number of rotatable bonds is 3. The lowest BCUT2D eigenvalue weighted by Gasteiger charge is -2.27. The molecule has 1 aromatic heterocycles. The van der Waals surface area contributed by atoms with E-state index >= 15 is 0 Å². The number of hydrogen-bond donors (Lipinski definition) is 0. The molecule has 0 amide bonds. The van der Waals surface area contributed by atoms with Crippen LogP contribution in [0.5, 0.6) is 0 Å². The largest absolute Gasteiger partial charge is 0.458 e. The van der Waals surface area contributed by atoms with Crippen molar-refractivity contribution in [1.82, 2.24) is 14.3 Å². The maximum absolute atomic E-state index is 13.3. The predicted octanol–water partition coefficient (Wildman–Crippen LogP) is 3.09. The van der Waals surface area contributed by atoms with Crippen LogP contribution in [0.2, 0.25) is 0 Å². The minimum atomic E-state index is -2.59. The Morgan fingerprint density at radius 3 is 2.54 bits per heavy atom. The van der Waals surface area contributed by atoms with E-state index < -0.39 is 23.5 Å². The van der Waals surface area contributed by atoms with Gasteiger partial charge in [-0.2, -0.15) is 5.10 Å². The molecule has 0 aromatic carbocycles. The lowest BCUT2D eigenvalue weighted by atomic mass is 9.87. The Hall–Kier alpha value is -1.73. The zero-order valence-electron chi connectivity index (χ0n) is 15.6. The normalized spacial score (nSPS) is 23.5.